The van der Waals surface area contributed by atoms with E-state index in [4.69, 9.17) is 16.3 Å². The first-order valence-corrected chi connectivity index (χ1v) is 6.70. The number of esters is 1. The zero-order valence-electron chi connectivity index (χ0n) is 11.9. The van der Waals surface area contributed by atoms with Crippen molar-refractivity contribution in [2.75, 3.05) is 20.8 Å². The molecule has 0 saturated carbocycles. The van der Waals surface area contributed by atoms with Gasteiger partial charge in [-0.2, -0.15) is 0 Å². The van der Waals surface area contributed by atoms with Gasteiger partial charge in [0.25, 0.3) is 0 Å². The van der Waals surface area contributed by atoms with Crippen LogP contribution in [0.3, 0.4) is 0 Å². The van der Waals surface area contributed by atoms with Crippen LogP contribution in [0.4, 0.5) is 0 Å². The molecule has 6 nitrogen and oxygen atoms in total. The summed E-state index contributed by atoms with van der Waals surface area (Å²) in [6.07, 6.45) is -0.644. The maximum atomic E-state index is 11.6. The lowest BCUT2D eigenvalue weighted by molar-refractivity contribution is -0.150. The van der Waals surface area contributed by atoms with E-state index in [0.29, 0.717) is 17.2 Å². The Kier molecular flexibility index (Phi) is 6.98. The molecule has 1 amide bonds. The van der Waals surface area contributed by atoms with Crippen LogP contribution >= 0.6 is 11.6 Å². The molecule has 1 aromatic carbocycles. The average molecular weight is 316 g/mol. The number of aliphatic hydroxyl groups excluding tert-OH is 1. The zero-order valence-corrected chi connectivity index (χ0v) is 12.6. The summed E-state index contributed by atoms with van der Waals surface area (Å²) >= 11 is 5.99. The number of amides is 1. The molecule has 0 aliphatic heterocycles. The third-order valence-corrected chi connectivity index (χ3v) is 3.12. The number of rotatable bonds is 7. The van der Waals surface area contributed by atoms with Crippen molar-refractivity contribution in [2.24, 2.45) is 0 Å². The number of aliphatic hydroxyl groups is 1. The highest BCUT2D eigenvalue weighted by Crippen LogP contribution is 2.25. The van der Waals surface area contributed by atoms with Gasteiger partial charge in [0.15, 0.2) is 6.10 Å². The van der Waals surface area contributed by atoms with Crippen molar-refractivity contribution in [1.29, 1.82) is 0 Å². The van der Waals surface area contributed by atoms with Gasteiger partial charge in [-0.25, -0.2) is 4.79 Å². The second-order valence-corrected chi connectivity index (χ2v) is 4.72. The van der Waals surface area contributed by atoms with Crippen molar-refractivity contribution in [1.82, 2.24) is 5.32 Å². The minimum absolute atomic E-state index is 0.172. The smallest absolute Gasteiger partial charge is 0.336 e. The molecular weight excluding hydrogens is 298 g/mol. The number of nitrogens with one attached hydrogen (secondary N) is 1. The lowest BCUT2D eigenvalue weighted by Gasteiger charge is -2.10. The minimum Gasteiger partial charge on any atom is -0.495 e. The number of halogens is 1. The molecule has 116 valence electrons. The van der Waals surface area contributed by atoms with E-state index in [-0.39, 0.29) is 18.9 Å². The number of benzene rings is 1. The van der Waals surface area contributed by atoms with Gasteiger partial charge in [-0.15, -0.1) is 0 Å². The van der Waals surface area contributed by atoms with Crippen LogP contribution in [0.2, 0.25) is 5.02 Å². The van der Waals surface area contributed by atoms with E-state index >= 15 is 0 Å². The van der Waals surface area contributed by atoms with E-state index in [0.717, 1.165) is 5.56 Å². The lowest BCUT2D eigenvalue weighted by Crippen LogP contribution is -2.37. The van der Waals surface area contributed by atoms with Crippen LogP contribution in [-0.4, -0.2) is 43.9 Å². The van der Waals surface area contributed by atoms with E-state index in [1.807, 2.05) is 6.07 Å². The zero-order chi connectivity index (χ0) is 15.8. The van der Waals surface area contributed by atoms with Crippen LogP contribution in [0.1, 0.15) is 12.0 Å². The van der Waals surface area contributed by atoms with Crippen molar-refractivity contribution < 1.29 is 24.2 Å². The fourth-order valence-electron chi connectivity index (χ4n) is 1.64. The Hall–Kier alpha value is -1.79. The summed E-state index contributed by atoms with van der Waals surface area (Å²) in [6.45, 7) is -0.172. The molecule has 0 fully saturated rings. The van der Waals surface area contributed by atoms with Gasteiger partial charge in [-0.1, -0.05) is 17.7 Å². The molecule has 0 saturated heterocycles. The standard InChI is InChI=1S/C14H18ClNO5/c1-20-12-5-3-9(7-10(12)15)4-6-13(18)16-8-11(17)14(19)21-2/h3,5,7,11,17H,4,6,8H2,1-2H3,(H,16,18). The minimum atomic E-state index is -1.35. The molecule has 1 aromatic rings. The molecule has 0 spiro atoms. The van der Waals surface area contributed by atoms with Crippen molar-refractivity contribution >= 4 is 23.5 Å². The number of aryl methyl sites for hydroxylation is 1. The Morgan fingerprint density at radius 1 is 1.38 bits per heavy atom. The first-order valence-electron chi connectivity index (χ1n) is 6.33. The molecule has 0 radical (unpaired) electrons. The summed E-state index contributed by atoms with van der Waals surface area (Å²) in [6, 6.07) is 5.29. The van der Waals surface area contributed by atoms with Crippen LogP contribution in [0.5, 0.6) is 5.75 Å². The third kappa shape index (κ3) is 5.61. The fraction of sp³-hybridized carbons (Fsp3) is 0.429. The Labute approximate surface area is 128 Å². The molecule has 0 bridgehead atoms. The van der Waals surface area contributed by atoms with E-state index in [2.05, 4.69) is 10.1 Å². The SMILES string of the molecule is COC(=O)C(O)CNC(=O)CCc1ccc(OC)c(Cl)c1. The summed E-state index contributed by atoms with van der Waals surface area (Å²) in [5, 5.41) is 12.3. The van der Waals surface area contributed by atoms with Crippen molar-refractivity contribution in [2.45, 2.75) is 18.9 Å². The Bertz CT molecular complexity index is 506. The van der Waals surface area contributed by atoms with Crippen LogP contribution in [0.25, 0.3) is 0 Å². The Morgan fingerprint density at radius 2 is 2.10 bits per heavy atom. The van der Waals surface area contributed by atoms with E-state index in [1.165, 1.54) is 14.2 Å². The van der Waals surface area contributed by atoms with Gasteiger partial charge in [0.1, 0.15) is 5.75 Å². The molecule has 2 N–H and O–H groups in total. The van der Waals surface area contributed by atoms with Crippen LogP contribution in [-0.2, 0) is 20.7 Å². The molecular formula is C14H18ClNO5. The average Bonchev–Trinajstić information content (AvgIpc) is 2.49. The van der Waals surface area contributed by atoms with Crippen LogP contribution < -0.4 is 10.1 Å². The van der Waals surface area contributed by atoms with Crippen LogP contribution in [0.15, 0.2) is 18.2 Å². The molecule has 7 heteroatoms. The summed E-state index contributed by atoms with van der Waals surface area (Å²) in [5.74, 6) is -0.479. The summed E-state index contributed by atoms with van der Waals surface area (Å²) < 4.78 is 9.38. The van der Waals surface area contributed by atoms with Crippen molar-refractivity contribution in [3.8, 4) is 5.75 Å². The van der Waals surface area contributed by atoms with Gasteiger partial charge in [-0.05, 0) is 24.1 Å². The number of methoxy groups -OCH3 is 2. The quantitative estimate of drug-likeness (QED) is 0.731. The highest BCUT2D eigenvalue weighted by Gasteiger charge is 2.16. The normalized spacial score (nSPS) is 11.6. The van der Waals surface area contributed by atoms with E-state index < -0.39 is 12.1 Å². The Balaban J connectivity index is 2.39. The topological polar surface area (TPSA) is 84.9 Å². The molecule has 0 aliphatic carbocycles. The molecule has 1 atom stereocenters. The fourth-order valence-corrected chi connectivity index (χ4v) is 1.92. The molecule has 1 unspecified atom stereocenters. The number of carbonyl (C=O) groups is 2. The predicted octanol–water partition coefficient (Wildman–Crippen LogP) is 0.931. The number of ether oxygens (including phenoxy) is 2. The largest absolute Gasteiger partial charge is 0.495 e. The number of hydrogen-bond donors (Lipinski definition) is 2. The maximum absolute atomic E-state index is 11.6. The summed E-state index contributed by atoms with van der Waals surface area (Å²) in [4.78, 5) is 22.6. The molecule has 21 heavy (non-hydrogen) atoms. The first kappa shape index (κ1) is 17.3. The van der Waals surface area contributed by atoms with Gasteiger partial charge in [0.2, 0.25) is 5.91 Å². The van der Waals surface area contributed by atoms with Gasteiger partial charge in [-0.3, -0.25) is 4.79 Å². The van der Waals surface area contributed by atoms with Crippen molar-refractivity contribution in [3.63, 3.8) is 0 Å². The van der Waals surface area contributed by atoms with Gasteiger partial charge in [0, 0.05) is 6.42 Å². The highest BCUT2D eigenvalue weighted by atomic mass is 35.5. The Morgan fingerprint density at radius 3 is 2.67 bits per heavy atom. The number of carbonyl (C=O) groups excluding carboxylic acids is 2. The molecule has 0 aliphatic rings. The molecule has 1 rings (SSSR count). The van der Waals surface area contributed by atoms with Gasteiger partial charge >= 0.3 is 5.97 Å². The molecule has 0 aromatic heterocycles. The van der Waals surface area contributed by atoms with Crippen molar-refractivity contribution in [3.05, 3.63) is 28.8 Å². The van der Waals surface area contributed by atoms with Crippen LogP contribution in [0, 0.1) is 0 Å². The maximum Gasteiger partial charge on any atom is 0.336 e. The second-order valence-electron chi connectivity index (χ2n) is 4.31. The van der Waals surface area contributed by atoms with Gasteiger partial charge < -0.3 is 19.9 Å². The third-order valence-electron chi connectivity index (χ3n) is 2.82. The van der Waals surface area contributed by atoms with E-state index in [1.54, 1.807) is 12.1 Å². The highest BCUT2D eigenvalue weighted by molar-refractivity contribution is 6.32. The van der Waals surface area contributed by atoms with E-state index in [9.17, 15) is 14.7 Å². The monoisotopic (exact) mass is 315 g/mol. The molecule has 0 heterocycles. The summed E-state index contributed by atoms with van der Waals surface area (Å²) in [5.41, 5.74) is 0.893. The summed E-state index contributed by atoms with van der Waals surface area (Å²) in [7, 11) is 2.70. The van der Waals surface area contributed by atoms with Gasteiger partial charge in [0.05, 0.1) is 25.8 Å². The predicted molar refractivity (Wildman–Crippen MR) is 77.4 cm³/mol. The lowest BCUT2D eigenvalue weighted by atomic mass is 10.1. The first-order chi connectivity index (χ1) is 9.97. The number of hydrogen-bond acceptors (Lipinski definition) is 5. The second kappa shape index (κ2) is 8.49.